The Morgan fingerprint density at radius 1 is 0.435 bits per heavy atom. The highest BCUT2D eigenvalue weighted by atomic mass is 15.0. The van der Waals surface area contributed by atoms with Crippen LogP contribution in [0.2, 0.25) is 0 Å². The van der Waals surface area contributed by atoms with E-state index in [4.69, 9.17) is 0 Å². The van der Waals surface area contributed by atoms with Gasteiger partial charge in [0.25, 0.3) is 0 Å². The highest BCUT2D eigenvalue weighted by molar-refractivity contribution is 6.11. The van der Waals surface area contributed by atoms with Crippen molar-refractivity contribution in [2.45, 2.75) is 25.9 Å². The Morgan fingerprint density at radius 3 is 1.54 bits per heavy atom. The van der Waals surface area contributed by atoms with Crippen molar-refractivity contribution in [3.63, 3.8) is 0 Å². The van der Waals surface area contributed by atoms with Gasteiger partial charge in [0.2, 0.25) is 0 Å². The molecule has 2 aliphatic carbocycles. The molecule has 0 aliphatic heterocycles. The molecule has 0 saturated heterocycles. The Morgan fingerprint density at radius 2 is 0.957 bits per heavy atom. The molecule has 222 valence electrons. The minimum absolute atomic E-state index is 0.245. The Bertz CT molecular complexity index is 2410. The molecule has 7 aromatic rings. The number of nitrogens with zero attached hydrogens (tertiary/aromatic N) is 2. The van der Waals surface area contributed by atoms with E-state index in [1.54, 1.807) is 0 Å². The number of fused-ring (bicyclic) bond motifs is 6. The molecule has 4 atom stereocenters. The van der Waals surface area contributed by atoms with Gasteiger partial charge in [0.1, 0.15) is 0 Å². The highest BCUT2D eigenvalue weighted by Gasteiger charge is 2.25. The van der Waals surface area contributed by atoms with Crippen LogP contribution in [0.15, 0.2) is 158 Å². The third-order valence-corrected chi connectivity index (χ3v) is 10.3. The van der Waals surface area contributed by atoms with Crippen LogP contribution in [-0.2, 0) is 0 Å². The Hall–Kier alpha value is -5.34. The lowest BCUT2D eigenvalue weighted by molar-refractivity contribution is 0.510. The van der Waals surface area contributed by atoms with E-state index in [9.17, 15) is 0 Å². The fourth-order valence-corrected chi connectivity index (χ4v) is 7.99. The predicted octanol–water partition coefficient (Wildman–Crippen LogP) is 11.7. The number of rotatable bonds is 4. The van der Waals surface area contributed by atoms with Crippen LogP contribution in [0.1, 0.15) is 31.5 Å². The van der Waals surface area contributed by atoms with Crippen LogP contribution in [0.4, 0.5) is 0 Å². The molecule has 0 bridgehead atoms. The topological polar surface area (TPSA) is 9.86 Å². The Balaban J connectivity index is 1.16. The molecule has 2 heterocycles. The van der Waals surface area contributed by atoms with E-state index in [0.29, 0.717) is 17.9 Å². The average molecular weight is 593 g/mol. The summed E-state index contributed by atoms with van der Waals surface area (Å²) in [6.07, 6.45) is 16.1. The van der Waals surface area contributed by atoms with Crippen molar-refractivity contribution >= 4 is 49.2 Å². The molecule has 0 amide bonds. The van der Waals surface area contributed by atoms with Gasteiger partial charge < -0.3 is 9.13 Å². The van der Waals surface area contributed by atoms with Crippen molar-refractivity contribution < 1.29 is 0 Å². The molecular weight excluding hydrogens is 556 g/mol. The second-order valence-electron chi connectivity index (χ2n) is 13.1. The van der Waals surface area contributed by atoms with Crippen LogP contribution in [0.3, 0.4) is 0 Å². The Kier molecular flexibility index (Phi) is 6.24. The van der Waals surface area contributed by atoms with E-state index in [0.717, 1.165) is 0 Å². The van der Waals surface area contributed by atoms with E-state index >= 15 is 0 Å². The summed E-state index contributed by atoms with van der Waals surface area (Å²) in [5.74, 6) is 0.793. The molecule has 46 heavy (non-hydrogen) atoms. The Labute approximate surface area is 269 Å². The normalized spacial score (nSPS) is 21.1. The summed E-state index contributed by atoms with van der Waals surface area (Å²) in [6, 6.07) is 43.2. The lowest BCUT2D eigenvalue weighted by Crippen LogP contribution is -2.16. The van der Waals surface area contributed by atoms with E-state index in [2.05, 4.69) is 181 Å². The number of hydrogen-bond donors (Lipinski definition) is 0. The summed E-state index contributed by atoms with van der Waals surface area (Å²) in [5.41, 5.74) is 10.2. The highest BCUT2D eigenvalue weighted by Crippen LogP contribution is 2.42. The summed E-state index contributed by atoms with van der Waals surface area (Å²) >= 11 is 0. The summed E-state index contributed by atoms with van der Waals surface area (Å²) < 4.78 is 5.09. The van der Waals surface area contributed by atoms with Crippen LogP contribution in [-0.4, -0.2) is 9.13 Å². The van der Waals surface area contributed by atoms with Crippen LogP contribution in [0.25, 0.3) is 60.3 Å². The predicted molar refractivity (Wildman–Crippen MR) is 196 cm³/mol. The molecule has 4 unspecified atom stereocenters. The van der Waals surface area contributed by atoms with Crippen LogP contribution in [0.5, 0.6) is 0 Å². The van der Waals surface area contributed by atoms with E-state index < -0.39 is 0 Å². The van der Waals surface area contributed by atoms with E-state index in [1.807, 2.05) is 0 Å². The summed E-state index contributed by atoms with van der Waals surface area (Å²) in [7, 11) is 0. The first-order valence-electron chi connectivity index (χ1n) is 16.5. The molecule has 2 aromatic heterocycles. The van der Waals surface area contributed by atoms with Gasteiger partial charge in [0, 0.05) is 43.6 Å². The maximum atomic E-state index is 2.55. The van der Waals surface area contributed by atoms with Crippen LogP contribution >= 0.6 is 0 Å². The molecule has 5 aromatic carbocycles. The molecule has 0 fully saturated rings. The van der Waals surface area contributed by atoms with Gasteiger partial charge in [-0.1, -0.05) is 135 Å². The van der Waals surface area contributed by atoms with Crippen molar-refractivity contribution in [2.24, 2.45) is 11.8 Å². The van der Waals surface area contributed by atoms with Gasteiger partial charge in [-0.3, -0.25) is 0 Å². The van der Waals surface area contributed by atoms with Crippen molar-refractivity contribution in [1.82, 2.24) is 9.13 Å². The molecule has 0 spiro atoms. The molecule has 0 N–H and O–H groups in total. The maximum absolute atomic E-state index is 2.55. The third-order valence-electron chi connectivity index (χ3n) is 10.3. The van der Waals surface area contributed by atoms with Gasteiger partial charge in [-0.15, -0.1) is 0 Å². The van der Waals surface area contributed by atoms with Gasteiger partial charge in [-0.05, 0) is 70.5 Å². The van der Waals surface area contributed by atoms with Crippen molar-refractivity contribution in [3.8, 4) is 11.1 Å². The first-order valence-corrected chi connectivity index (χ1v) is 16.5. The zero-order chi connectivity index (χ0) is 30.8. The fourth-order valence-electron chi connectivity index (χ4n) is 7.99. The average Bonchev–Trinajstić information content (AvgIpc) is 3.61. The van der Waals surface area contributed by atoms with Gasteiger partial charge in [0.15, 0.2) is 0 Å². The molecule has 0 saturated carbocycles. The summed E-state index contributed by atoms with van der Waals surface area (Å²) in [4.78, 5) is 0. The molecule has 2 heteroatoms. The standard InChI is InChI=1S/C44H36N2/c1-29-12-6-9-17-39(29)45-41-18-10-7-15-35(41)37-27-33(21-24-43(37)45)34-22-25-44-38(28-34)36-16-8-11-19-42(36)46(44)40-23-20-32(26-30(40)2)31-13-4-3-5-14-31/h3-30,39-40H,1-2H3. The zero-order valence-corrected chi connectivity index (χ0v) is 26.2. The van der Waals surface area contributed by atoms with Gasteiger partial charge >= 0.3 is 0 Å². The van der Waals surface area contributed by atoms with Gasteiger partial charge in [-0.25, -0.2) is 0 Å². The zero-order valence-electron chi connectivity index (χ0n) is 26.2. The largest absolute Gasteiger partial charge is 0.333 e. The van der Waals surface area contributed by atoms with Crippen molar-refractivity contribution in [2.75, 3.05) is 0 Å². The molecule has 9 rings (SSSR count). The smallest absolute Gasteiger partial charge is 0.0586 e. The van der Waals surface area contributed by atoms with Crippen LogP contribution in [0, 0.1) is 11.8 Å². The number of aromatic nitrogens is 2. The van der Waals surface area contributed by atoms with Crippen LogP contribution < -0.4 is 0 Å². The van der Waals surface area contributed by atoms with Crippen molar-refractivity contribution in [1.29, 1.82) is 0 Å². The minimum atomic E-state index is 0.245. The SMILES string of the molecule is CC1C=CC=CC1n1c2ccccc2c2cc(-c3ccc4c(c3)c3ccccc3n4C3C=CC(c4ccccc4)=CC3C)ccc21. The quantitative estimate of drug-likeness (QED) is 0.192. The second kappa shape index (κ2) is 10.6. The fraction of sp³-hybridized carbons (Fsp3) is 0.136. The lowest BCUT2D eigenvalue weighted by atomic mass is 9.89. The second-order valence-corrected chi connectivity index (χ2v) is 13.1. The maximum Gasteiger partial charge on any atom is 0.0586 e. The summed E-state index contributed by atoms with van der Waals surface area (Å²) in [6.45, 7) is 4.66. The van der Waals surface area contributed by atoms with E-state index in [1.165, 1.54) is 65.9 Å². The monoisotopic (exact) mass is 592 g/mol. The molecule has 0 radical (unpaired) electrons. The number of para-hydroxylation sites is 2. The molecular formula is C44H36N2. The molecule has 2 nitrogen and oxygen atoms in total. The van der Waals surface area contributed by atoms with Gasteiger partial charge in [-0.2, -0.15) is 0 Å². The molecule has 2 aliphatic rings. The summed E-state index contributed by atoms with van der Waals surface area (Å²) in [5, 5.41) is 5.24. The number of hydrogen-bond acceptors (Lipinski definition) is 0. The van der Waals surface area contributed by atoms with Crippen molar-refractivity contribution in [3.05, 3.63) is 163 Å². The van der Waals surface area contributed by atoms with Gasteiger partial charge in [0.05, 0.1) is 12.1 Å². The third kappa shape index (κ3) is 4.17. The first kappa shape index (κ1) is 27.0. The number of allylic oxidation sites excluding steroid dienone is 8. The van der Waals surface area contributed by atoms with E-state index in [-0.39, 0.29) is 6.04 Å². The number of benzene rings is 5. The lowest BCUT2D eigenvalue weighted by Gasteiger charge is -2.26. The minimum Gasteiger partial charge on any atom is -0.333 e. The first-order chi connectivity index (χ1) is 22.7.